The van der Waals surface area contributed by atoms with Gasteiger partial charge in [-0.25, -0.2) is 8.42 Å². The zero-order chi connectivity index (χ0) is 16.4. The van der Waals surface area contributed by atoms with Crippen LogP contribution in [0, 0.1) is 0 Å². The van der Waals surface area contributed by atoms with Crippen LogP contribution in [0.5, 0.6) is 0 Å². The topological polar surface area (TPSA) is 88.1 Å². The lowest BCUT2D eigenvalue weighted by Gasteiger charge is -2.22. The Labute approximate surface area is 139 Å². The van der Waals surface area contributed by atoms with Crippen molar-refractivity contribution in [2.45, 2.75) is 11.3 Å². The summed E-state index contributed by atoms with van der Waals surface area (Å²) in [5.41, 5.74) is 1.46. The number of methoxy groups -OCH3 is 1. The number of ether oxygens (including phenoxy) is 1. The van der Waals surface area contributed by atoms with E-state index >= 15 is 0 Å². The number of rotatable bonds is 5. The van der Waals surface area contributed by atoms with Crippen molar-refractivity contribution in [3.05, 3.63) is 23.8 Å². The first-order valence-electron chi connectivity index (χ1n) is 7.19. The van der Waals surface area contributed by atoms with Crippen molar-refractivity contribution in [3.63, 3.8) is 0 Å². The Morgan fingerprint density at radius 2 is 2.30 bits per heavy atom. The molecule has 0 spiro atoms. The minimum atomic E-state index is -3.36. The normalized spacial score (nSPS) is 18.1. The van der Waals surface area contributed by atoms with Gasteiger partial charge in [0.05, 0.1) is 11.4 Å². The summed E-state index contributed by atoms with van der Waals surface area (Å²) in [6.07, 6.45) is 0.754. The highest BCUT2D eigenvalue weighted by atomic mass is 32.2. The Bertz CT molecular complexity index is 761. The fourth-order valence-electron chi connectivity index (χ4n) is 2.39. The number of benzene rings is 1. The lowest BCUT2D eigenvalue weighted by molar-refractivity contribution is 0.0948. The van der Waals surface area contributed by atoms with E-state index in [1.807, 2.05) is 11.0 Å². The third kappa shape index (κ3) is 3.51. The highest BCUT2D eigenvalue weighted by Gasteiger charge is 2.33. The molecule has 1 amide bonds. The Hall–Kier alpha value is -1.58. The molecule has 0 radical (unpaired) electrons. The van der Waals surface area contributed by atoms with Crippen LogP contribution in [-0.4, -0.2) is 52.1 Å². The molecule has 0 aromatic heterocycles. The molecule has 0 saturated carbocycles. The molecule has 1 aromatic carbocycles. The van der Waals surface area contributed by atoms with Gasteiger partial charge in [-0.2, -0.15) is 0 Å². The second-order valence-corrected chi connectivity index (χ2v) is 7.96. The number of sulfonamides is 1. The average molecular weight is 355 g/mol. The standard InChI is InChI=1S/C14H17N3O4S2/c1-21-7-2-5-15-13(18)10-3-4-11-12(9-10)22-14-16-23(19,20)8-6-17(11)14/h3-4,9H,2,5-8H2,1H3,(H,15,18). The number of amidine groups is 1. The summed E-state index contributed by atoms with van der Waals surface area (Å²) in [5, 5.41) is 3.29. The van der Waals surface area contributed by atoms with Crippen LogP contribution >= 0.6 is 11.8 Å². The Kier molecular flexibility index (Phi) is 4.60. The van der Waals surface area contributed by atoms with Crippen molar-refractivity contribution in [3.8, 4) is 0 Å². The van der Waals surface area contributed by atoms with Gasteiger partial charge in [-0.3, -0.25) is 4.79 Å². The Morgan fingerprint density at radius 3 is 3.09 bits per heavy atom. The first-order chi connectivity index (χ1) is 11.0. The number of anilines is 1. The smallest absolute Gasteiger partial charge is 0.257 e. The quantitative estimate of drug-likeness (QED) is 0.795. The highest BCUT2D eigenvalue weighted by Crippen LogP contribution is 2.42. The van der Waals surface area contributed by atoms with Gasteiger partial charge >= 0.3 is 0 Å². The van der Waals surface area contributed by atoms with E-state index in [0.29, 0.717) is 30.4 Å². The molecule has 2 heterocycles. The van der Waals surface area contributed by atoms with Crippen LogP contribution in [0.4, 0.5) is 5.69 Å². The Balaban J connectivity index is 1.74. The molecular formula is C14H17N3O4S2. The maximum absolute atomic E-state index is 12.1. The lowest BCUT2D eigenvalue weighted by Crippen LogP contribution is -2.35. The van der Waals surface area contributed by atoms with Crippen LogP contribution in [0.25, 0.3) is 0 Å². The molecule has 7 nitrogen and oxygen atoms in total. The summed E-state index contributed by atoms with van der Waals surface area (Å²) in [6.45, 7) is 1.54. The molecular weight excluding hydrogens is 338 g/mol. The van der Waals surface area contributed by atoms with Crippen molar-refractivity contribution in [1.82, 2.24) is 5.32 Å². The largest absolute Gasteiger partial charge is 0.385 e. The number of nitrogens with zero attached hydrogens (tertiary/aromatic N) is 2. The third-order valence-electron chi connectivity index (χ3n) is 3.55. The zero-order valence-electron chi connectivity index (χ0n) is 12.6. The molecule has 2 aliphatic rings. The van der Waals surface area contributed by atoms with Gasteiger partial charge in [0.2, 0.25) is 0 Å². The third-order valence-corrected chi connectivity index (χ3v) is 5.85. The van der Waals surface area contributed by atoms with Crippen LogP contribution in [-0.2, 0) is 14.8 Å². The number of carbonyl (C=O) groups is 1. The molecule has 0 atom stereocenters. The molecule has 9 heteroatoms. The van der Waals surface area contributed by atoms with Gasteiger partial charge in [0.25, 0.3) is 15.9 Å². The van der Waals surface area contributed by atoms with Crippen LogP contribution < -0.4 is 10.2 Å². The molecule has 124 valence electrons. The summed E-state index contributed by atoms with van der Waals surface area (Å²) < 4.78 is 31.9. The molecule has 23 heavy (non-hydrogen) atoms. The van der Waals surface area contributed by atoms with Gasteiger partial charge in [-0.1, -0.05) is 0 Å². The minimum absolute atomic E-state index is 0.0121. The predicted octanol–water partition coefficient (Wildman–Crippen LogP) is 1.06. The number of nitrogens with one attached hydrogen (secondary N) is 1. The maximum atomic E-state index is 12.1. The first kappa shape index (κ1) is 16.3. The summed E-state index contributed by atoms with van der Waals surface area (Å²) >= 11 is 1.28. The van der Waals surface area contributed by atoms with Crippen molar-refractivity contribution >= 4 is 38.5 Å². The predicted molar refractivity (Wildman–Crippen MR) is 89.7 cm³/mol. The summed E-state index contributed by atoms with van der Waals surface area (Å²) in [7, 11) is -1.74. The Morgan fingerprint density at radius 1 is 1.48 bits per heavy atom. The molecule has 0 aliphatic carbocycles. The fraction of sp³-hybridized carbons (Fsp3) is 0.429. The van der Waals surface area contributed by atoms with Crippen LogP contribution in [0.3, 0.4) is 0 Å². The molecule has 0 saturated heterocycles. The highest BCUT2D eigenvalue weighted by molar-refractivity contribution is 8.15. The molecule has 0 bridgehead atoms. The average Bonchev–Trinajstić information content (AvgIpc) is 2.86. The number of fused-ring (bicyclic) bond motifs is 3. The molecule has 0 fully saturated rings. The van der Waals surface area contributed by atoms with E-state index in [1.165, 1.54) is 11.8 Å². The van der Waals surface area contributed by atoms with E-state index in [9.17, 15) is 13.2 Å². The number of hydrogen-bond donors (Lipinski definition) is 1. The van der Waals surface area contributed by atoms with Crippen molar-refractivity contribution < 1.29 is 17.9 Å². The summed E-state index contributed by atoms with van der Waals surface area (Å²) in [4.78, 5) is 14.9. The monoisotopic (exact) mass is 355 g/mol. The van der Waals surface area contributed by atoms with Gasteiger partial charge in [0.1, 0.15) is 0 Å². The van der Waals surface area contributed by atoms with E-state index in [4.69, 9.17) is 4.74 Å². The SMILES string of the molecule is COCCCNC(=O)c1ccc2c(c1)SC1=NS(=O)(=O)CCN12. The van der Waals surface area contributed by atoms with Crippen molar-refractivity contribution in [1.29, 1.82) is 0 Å². The van der Waals surface area contributed by atoms with E-state index in [2.05, 4.69) is 9.71 Å². The molecule has 2 aliphatic heterocycles. The summed E-state index contributed by atoms with van der Waals surface area (Å²) in [5.74, 6) is -0.137. The molecule has 0 unspecified atom stereocenters. The van der Waals surface area contributed by atoms with Crippen LogP contribution in [0.1, 0.15) is 16.8 Å². The number of hydrogen-bond acceptors (Lipinski definition) is 6. The molecule has 1 N–H and O–H groups in total. The first-order valence-corrected chi connectivity index (χ1v) is 9.62. The maximum Gasteiger partial charge on any atom is 0.257 e. The zero-order valence-corrected chi connectivity index (χ0v) is 14.2. The number of thioether (sulfide) groups is 1. The summed E-state index contributed by atoms with van der Waals surface area (Å²) in [6, 6.07) is 5.36. The van der Waals surface area contributed by atoms with Gasteiger partial charge in [-0.05, 0) is 36.4 Å². The van der Waals surface area contributed by atoms with E-state index in [0.717, 1.165) is 17.0 Å². The number of amides is 1. The molecule has 3 rings (SSSR count). The minimum Gasteiger partial charge on any atom is -0.385 e. The van der Waals surface area contributed by atoms with E-state index < -0.39 is 10.0 Å². The molecule has 1 aromatic rings. The van der Waals surface area contributed by atoms with Crippen molar-refractivity contribution in [2.24, 2.45) is 4.40 Å². The second kappa shape index (κ2) is 6.50. The fourth-order valence-corrected chi connectivity index (χ4v) is 4.69. The van der Waals surface area contributed by atoms with Gasteiger partial charge < -0.3 is 15.0 Å². The van der Waals surface area contributed by atoms with E-state index in [1.54, 1.807) is 19.2 Å². The van der Waals surface area contributed by atoms with E-state index in [-0.39, 0.29) is 11.7 Å². The number of carbonyl (C=O) groups excluding carboxylic acids is 1. The van der Waals surface area contributed by atoms with Crippen molar-refractivity contribution in [2.75, 3.05) is 37.5 Å². The lowest BCUT2D eigenvalue weighted by atomic mass is 10.2. The van der Waals surface area contributed by atoms with Crippen LogP contribution in [0.2, 0.25) is 0 Å². The second-order valence-electron chi connectivity index (χ2n) is 5.20. The van der Waals surface area contributed by atoms with Gasteiger partial charge in [0.15, 0.2) is 5.17 Å². The van der Waals surface area contributed by atoms with Crippen LogP contribution in [0.15, 0.2) is 27.5 Å². The van der Waals surface area contributed by atoms with Gasteiger partial charge in [-0.15, -0.1) is 4.40 Å². The van der Waals surface area contributed by atoms with Gasteiger partial charge in [0, 0.05) is 37.3 Å².